The predicted octanol–water partition coefficient (Wildman–Crippen LogP) is 0.989. The van der Waals surface area contributed by atoms with Gasteiger partial charge in [-0.3, -0.25) is 4.79 Å². The second-order valence-electron chi connectivity index (χ2n) is 3.30. The number of hydrogen-bond acceptors (Lipinski definition) is 3. The van der Waals surface area contributed by atoms with Crippen molar-refractivity contribution in [2.24, 2.45) is 0 Å². The maximum absolute atomic E-state index is 11.2. The molecule has 0 saturated heterocycles. The molecular weight excluding hydrogens is 182 g/mol. The molecule has 0 bridgehead atoms. The molecule has 0 aliphatic carbocycles. The molecule has 1 amide bonds. The monoisotopic (exact) mass is 193 g/mol. The van der Waals surface area contributed by atoms with Crippen LogP contribution in [-0.4, -0.2) is 18.1 Å². The topological polar surface area (TPSA) is 58.6 Å². The first-order valence-corrected chi connectivity index (χ1v) is 4.31. The van der Waals surface area contributed by atoms with E-state index in [2.05, 4.69) is 5.32 Å². The van der Waals surface area contributed by atoms with Crippen LogP contribution in [0.15, 0.2) is 12.1 Å². The summed E-state index contributed by atoms with van der Waals surface area (Å²) in [5.41, 5.74) is 2.18. The fourth-order valence-corrected chi connectivity index (χ4v) is 1.62. The second-order valence-corrected chi connectivity index (χ2v) is 3.30. The van der Waals surface area contributed by atoms with Gasteiger partial charge in [0.2, 0.25) is 0 Å². The summed E-state index contributed by atoms with van der Waals surface area (Å²) in [7, 11) is 1.55. The smallest absolute Gasteiger partial charge is 0.257 e. The minimum absolute atomic E-state index is 0.378. The fourth-order valence-electron chi connectivity index (χ4n) is 1.62. The van der Waals surface area contributed by atoms with Gasteiger partial charge in [-0.1, -0.05) is 0 Å². The zero-order chi connectivity index (χ0) is 10.3. The molecule has 4 nitrogen and oxygen atoms in total. The molecule has 2 rings (SSSR count). The number of nitrogens with one attached hydrogen (secondary N) is 1. The van der Waals surface area contributed by atoms with Crippen molar-refractivity contribution in [3.05, 3.63) is 23.3 Å². The molecule has 4 heteroatoms. The van der Waals surface area contributed by atoms with Crippen LogP contribution in [0, 0.1) is 6.92 Å². The van der Waals surface area contributed by atoms with E-state index in [0.717, 1.165) is 5.56 Å². The number of aliphatic hydroxyl groups excluding tert-OH is 1. The summed E-state index contributed by atoms with van der Waals surface area (Å²) in [6, 6.07) is 3.49. The van der Waals surface area contributed by atoms with Crippen molar-refractivity contribution in [2.45, 2.75) is 13.0 Å². The highest BCUT2D eigenvalue weighted by Gasteiger charge is 2.30. The van der Waals surface area contributed by atoms with E-state index in [1.165, 1.54) is 0 Å². The molecule has 1 aromatic carbocycles. The molecule has 0 spiro atoms. The van der Waals surface area contributed by atoms with Gasteiger partial charge < -0.3 is 15.2 Å². The van der Waals surface area contributed by atoms with E-state index in [1.54, 1.807) is 13.2 Å². The SMILES string of the molecule is COc1cc(C)c2c(c1)C(O)C(=O)N2. The molecule has 1 aliphatic heterocycles. The Morgan fingerprint density at radius 2 is 2.21 bits per heavy atom. The van der Waals surface area contributed by atoms with Crippen molar-refractivity contribution in [3.8, 4) is 5.75 Å². The lowest BCUT2D eigenvalue weighted by Gasteiger charge is -2.07. The van der Waals surface area contributed by atoms with E-state index in [-0.39, 0.29) is 5.91 Å². The highest BCUT2D eigenvalue weighted by Crippen LogP contribution is 2.36. The summed E-state index contributed by atoms with van der Waals surface area (Å²) < 4.78 is 5.05. The molecule has 2 N–H and O–H groups in total. The van der Waals surface area contributed by atoms with Crippen molar-refractivity contribution >= 4 is 11.6 Å². The zero-order valence-corrected chi connectivity index (χ0v) is 8.00. The lowest BCUT2D eigenvalue weighted by molar-refractivity contribution is -0.123. The van der Waals surface area contributed by atoms with Gasteiger partial charge in [-0.15, -0.1) is 0 Å². The van der Waals surface area contributed by atoms with Gasteiger partial charge >= 0.3 is 0 Å². The minimum Gasteiger partial charge on any atom is -0.497 e. The Labute approximate surface area is 81.5 Å². The molecule has 1 aromatic rings. The van der Waals surface area contributed by atoms with Crippen LogP contribution in [0.25, 0.3) is 0 Å². The molecule has 74 valence electrons. The number of methoxy groups -OCH3 is 1. The first kappa shape index (κ1) is 9.02. The molecule has 1 atom stereocenters. The summed E-state index contributed by atoms with van der Waals surface area (Å²) in [5, 5.41) is 12.1. The number of amides is 1. The fraction of sp³-hybridized carbons (Fsp3) is 0.300. The van der Waals surface area contributed by atoms with E-state index < -0.39 is 6.10 Å². The molecule has 0 aromatic heterocycles. The average molecular weight is 193 g/mol. The van der Waals surface area contributed by atoms with Gasteiger partial charge in [0.05, 0.1) is 12.8 Å². The van der Waals surface area contributed by atoms with Crippen molar-refractivity contribution in [1.82, 2.24) is 0 Å². The first-order chi connectivity index (χ1) is 6.63. The number of carbonyl (C=O) groups is 1. The van der Waals surface area contributed by atoms with Crippen LogP contribution in [0.2, 0.25) is 0 Å². The molecular formula is C10H11NO3. The number of fused-ring (bicyclic) bond motifs is 1. The Hall–Kier alpha value is -1.55. The number of aryl methyl sites for hydroxylation is 1. The molecule has 0 saturated carbocycles. The Bertz CT molecular complexity index is 401. The van der Waals surface area contributed by atoms with E-state index >= 15 is 0 Å². The van der Waals surface area contributed by atoms with Crippen molar-refractivity contribution in [1.29, 1.82) is 0 Å². The predicted molar refractivity (Wildman–Crippen MR) is 51.3 cm³/mol. The number of carbonyl (C=O) groups excluding carboxylic acids is 1. The quantitative estimate of drug-likeness (QED) is 0.699. The first-order valence-electron chi connectivity index (χ1n) is 4.31. The van der Waals surface area contributed by atoms with Gasteiger partial charge in [0.15, 0.2) is 6.10 Å². The highest BCUT2D eigenvalue weighted by molar-refractivity contribution is 6.02. The Kier molecular flexibility index (Phi) is 1.93. The van der Waals surface area contributed by atoms with Gasteiger partial charge in [0.1, 0.15) is 5.75 Å². The highest BCUT2D eigenvalue weighted by atomic mass is 16.5. The summed E-state index contributed by atoms with van der Waals surface area (Å²) in [5.74, 6) is 0.271. The average Bonchev–Trinajstić information content (AvgIpc) is 2.45. The third kappa shape index (κ3) is 1.15. The van der Waals surface area contributed by atoms with Gasteiger partial charge in [-0.05, 0) is 24.6 Å². The number of aliphatic hydroxyl groups is 1. The third-order valence-corrected chi connectivity index (χ3v) is 2.37. The van der Waals surface area contributed by atoms with Gasteiger partial charge in [-0.25, -0.2) is 0 Å². The van der Waals surface area contributed by atoms with Crippen molar-refractivity contribution in [3.63, 3.8) is 0 Å². The lowest BCUT2D eigenvalue weighted by atomic mass is 10.1. The molecule has 0 radical (unpaired) electrons. The number of anilines is 1. The number of rotatable bonds is 1. The molecule has 1 heterocycles. The third-order valence-electron chi connectivity index (χ3n) is 2.37. The van der Waals surface area contributed by atoms with Crippen LogP contribution < -0.4 is 10.1 Å². The number of hydrogen-bond donors (Lipinski definition) is 2. The summed E-state index contributed by atoms with van der Waals surface area (Å²) >= 11 is 0. The Balaban J connectivity index is 2.57. The normalized spacial score (nSPS) is 19.1. The van der Waals surface area contributed by atoms with E-state index in [1.807, 2.05) is 13.0 Å². The summed E-state index contributed by atoms with van der Waals surface area (Å²) in [6.45, 7) is 1.86. The maximum atomic E-state index is 11.2. The molecule has 1 aliphatic rings. The Morgan fingerprint density at radius 1 is 1.50 bits per heavy atom. The lowest BCUT2D eigenvalue weighted by Crippen LogP contribution is -2.10. The largest absolute Gasteiger partial charge is 0.497 e. The van der Waals surface area contributed by atoms with Gasteiger partial charge in [0.25, 0.3) is 5.91 Å². The van der Waals surface area contributed by atoms with Crippen LogP contribution in [0.4, 0.5) is 5.69 Å². The van der Waals surface area contributed by atoms with Gasteiger partial charge in [0, 0.05) is 5.56 Å². The molecule has 0 fully saturated rings. The van der Waals surface area contributed by atoms with Crippen molar-refractivity contribution in [2.75, 3.05) is 12.4 Å². The van der Waals surface area contributed by atoms with Crippen LogP contribution >= 0.6 is 0 Å². The summed E-state index contributed by atoms with van der Waals surface area (Å²) in [4.78, 5) is 11.2. The standard InChI is InChI=1S/C10H11NO3/c1-5-3-6(14-2)4-7-8(5)11-10(13)9(7)12/h3-4,9,12H,1-2H3,(H,11,13). The number of ether oxygens (including phenoxy) is 1. The Morgan fingerprint density at radius 3 is 2.86 bits per heavy atom. The molecule has 1 unspecified atom stereocenters. The van der Waals surface area contributed by atoms with Crippen LogP contribution in [0.1, 0.15) is 17.2 Å². The van der Waals surface area contributed by atoms with E-state index in [4.69, 9.17) is 4.74 Å². The molecule has 14 heavy (non-hydrogen) atoms. The van der Waals surface area contributed by atoms with E-state index in [0.29, 0.717) is 17.0 Å². The van der Waals surface area contributed by atoms with Gasteiger partial charge in [-0.2, -0.15) is 0 Å². The zero-order valence-electron chi connectivity index (χ0n) is 8.00. The maximum Gasteiger partial charge on any atom is 0.257 e. The number of benzene rings is 1. The second kappa shape index (κ2) is 2.99. The van der Waals surface area contributed by atoms with Crippen LogP contribution in [0.5, 0.6) is 5.75 Å². The van der Waals surface area contributed by atoms with Crippen molar-refractivity contribution < 1.29 is 14.6 Å². The van der Waals surface area contributed by atoms with Crippen LogP contribution in [0.3, 0.4) is 0 Å². The van der Waals surface area contributed by atoms with E-state index in [9.17, 15) is 9.90 Å². The minimum atomic E-state index is -1.07. The van der Waals surface area contributed by atoms with Crippen LogP contribution in [-0.2, 0) is 4.79 Å². The summed E-state index contributed by atoms with van der Waals surface area (Å²) in [6.07, 6.45) is -1.07.